The predicted molar refractivity (Wildman–Crippen MR) is 35.9 cm³/mol. The van der Waals surface area contributed by atoms with Gasteiger partial charge in [-0.15, -0.1) is 0 Å². The molecule has 1 atom stereocenters. The Hall–Kier alpha value is -1.48. The molecule has 58 valence electrons. The fraction of sp³-hybridized carbons (Fsp3) is 0.500. The fourth-order valence-electron chi connectivity index (χ4n) is 0.974. The van der Waals surface area contributed by atoms with E-state index in [4.69, 9.17) is 5.53 Å². The zero-order valence-corrected chi connectivity index (χ0v) is 5.78. The van der Waals surface area contributed by atoms with Crippen molar-refractivity contribution >= 4 is 17.9 Å². The van der Waals surface area contributed by atoms with Gasteiger partial charge < -0.3 is 10.8 Å². The summed E-state index contributed by atoms with van der Waals surface area (Å²) >= 11 is 0. The molecule has 0 aromatic heterocycles. The van der Waals surface area contributed by atoms with Crippen LogP contribution in [-0.2, 0) is 9.59 Å². The number of Topliss-reactive ketones (excluding diaryl/α,β-unsaturated/α-hetero) is 1. The lowest BCUT2D eigenvalue weighted by Crippen LogP contribution is -2.33. The maximum atomic E-state index is 10.9. The zero-order valence-electron chi connectivity index (χ0n) is 5.78. The van der Waals surface area contributed by atoms with E-state index in [0.29, 0.717) is 12.8 Å². The van der Waals surface area contributed by atoms with Gasteiger partial charge in [-0.1, -0.05) is 0 Å². The van der Waals surface area contributed by atoms with Crippen LogP contribution in [0.2, 0.25) is 0 Å². The molecule has 0 aliphatic carbocycles. The van der Waals surface area contributed by atoms with Gasteiger partial charge in [-0.05, 0) is 6.42 Å². The first-order valence-corrected chi connectivity index (χ1v) is 3.24. The molecule has 1 aliphatic heterocycles. The van der Waals surface area contributed by atoms with Gasteiger partial charge >= 0.3 is 6.21 Å². The highest BCUT2D eigenvalue weighted by atomic mass is 16.2. The molecule has 5 nitrogen and oxygen atoms in total. The lowest BCUT2D eigenvalue weighted by Gasteiger charge is -1.99. The number of carbonyl (C=O) groups excluding carboxylic acids is 2. The molecular formula is C6H7N3O2. The van der Waals surface area contributed by atoms with Crippen LogP contribution in [0.4, 0.5) is 0 Å². The molecule has 1 unspecified atom stereocenters. The van der Waals surface area contributed by atoms with E-state index in [1.807, 2.05) is 0 Å². The van der Waals surface area contributed by atoms with Gasteiger partial charge in [0.05, 0.1) is 6.04 Å². The highest BCUT2D eigenvalue weighted by Gasteiger charge is 2.27. The standard InChI is InChI=1S/C6H7N3O2/c7-8-3-5(10)4-1-2-6(11)9-4/h3-4H,1-2H2,(H,9,11). The van der Waals surface area contributed by atoms with Gasteiger partial charge in [-0.2, -0.15) is 4.79 Å². The minimum absolute atomic E-state index is 0.130. The Morgan fingerprint density at radius 2 is 2.55 bits per heavy atom. The second kappa shape index (κ2) is 3.07. The van der Waals surface area contributed by atoms with E-state index in [2.05, 4.69) is 10.1 Å². The third-order valence-electron chi connectivity index (χ3n) is 1.52. The van der Waals surface area contributed by atoms with Gasteiger partial charge in [0.15, 0.2) is 0 Å². The second-order valence-corrected chi connectivity index (χ2v) is 2.31. The largest absolute Gasteiger partial charge is 0.361 e. The van der Waals surface area contributed by atoms with Crippen molar-refractivity contribution in [3.05, 3.63) is 5.53 Å². The van der Waals surface area contributed by atoms with E-state index < -0.39 is 6.04 Å². The summed E-state index contributed by atoms with van der Waals surface area (Å²) in [6, 6.07) is -0.488. The highest BCUT2D eigenvalue weighted by Crippen LogP contribution is 2.05. The SMILES string of the molecule is [N-]=[N+]=CC(=O)C1CCC(=O)N1. The van der Waals surface area contributed by atoms with Crippen molar-refractivity contribution in [3.8, 4) is 0 Å². The smallest absolute Gasteiger partial charge is 0.325 e. The van der Waals surface area contributed by atoms with Crippen LogP contribution in [0.25, 0.3) is 5.53 Å². The summed E-state index contributed by atoms with van der Waals surface area (Å²) in [7, 11) is 0. The normalized spacial score (nSPS) is 22.2. The number of hydrogen-bond acceptors (Lipinski definition) is 2. The summed E-state index contributed by atoms with van der Waals surface area (Å²) in [6.07, 6.45) is 1.66. The van der Waals surface area contributed by atoms with Gasteiger partial charge in [0.2, 0.25) is 5.91 Å². The number of amides is 1. The van der Waals surface area contributed by atoms with Crippen molar-refractivity contribution in [3.63, 3.8) is 0 Å². The Morgan fingerprint density at radius 3 is 3.00 bits per heavy atom. The first-order chi connectivity index (χ1) is 5.24. The molecule has 1 rings (SSSR count). The van der Waals surface area contributed by atoms with E-state index in [1.165, 1.54) is 0 Å². The van der Waals surface area contributed by atoms with E-state index in [1.54, 1.807) is 0 Å². The molecule has 0 aromatic rings. The van der Waals surface area contributed by atoms with Crippen LogP contribution in [0.1, 0.15) is 12.8 Å². The molecule has 1 heterocycles. The molecule has 1 aliphatic rings. The van der Waals surface area contributed by atoms with Crippen LogP contribution < -0.4 is 5.32 Å². The number of rotatable bonds is 2. The fourth-order valence-corrected chi connectivity index (χ4v) is 0.974. The molecule has 1 saturated heterocycles. The molecular weight excluding hydrogens is 146 g/mol. The summed E-state index contributed by atoms with van der Waals surface area (Å²) in [6.45, 7) is 0. The molecule has 1 amide bonds. The Bertz CT molecular complexity index is 242. The van der Waals surface area contributed by atoms with Crippen LogP contribution in [0.5, 0.6) is 0 Å². The van der Waals surface area contributed by atoms with Crippen molar-refractivity contribution in [1.82, 2.24) is 5.32 Å². The topological polar surface area (TPSA) is 82.6 Å². The quantitative estimate of drug-likeness (QED) is 0.318. The Kier molecular flexibility index (Phi) is 2.13. The number of nitrogens with zero attached hydrogens (tertiary/aromatic N) is 2. The summed E-state index contributed by atoms with van der Waals surface area (Å²) in [5.41, 5.74) is 8.00. The van der Waals surface area contributed by atoms with Crippen LogP contribution in [0.15, 0.2) is 0 Å². The summed E-state index contributed by atoms with van der Waals surface area (Å²) < 4.78 is 0. The second-order valence-electron chi connectivity index (χ2n) is 2.31. The maximum Gasteiger partial charge on any atom is 0.325 e. The van der Waals surface area contributed by atoms with Gasteiger partial charge in [0, 0.05) is 6.42 Å². The summed E-state index contributed by atoms with van der Waals surface area (Å²) in [5, 5.41) is 2.45. The van der Waals surface area contributed by atoms with E-state index in [-0.39, 0.29) is 11.7 Å². The third-order valence-corrected chi connectivity index (χ3v) is 1.52. The average molecular weight is 153 g/mol. The number of ketones is 1. The first kappa shape index (κ1) is 7.63. The first-order valence-electron chi connectivity index (χ1n) is 3.24. The molecule has 11 heavy (non-hydrogen) atoms. The summed E-state index contributed by atoms with van der Waals surface area (Å²) in [4.78, 5) is 24.0. The van der Waals surface area contributed by atoms with Crippen LogP contribution in [-0.4, -0.2) is 28.7 Å². The van der Waals surface area contributed by atoms with Crippen molar-refractivity contribution in [2.75, 3.05) is 0 Å². The summed E-state index contributed by atoms with van der Waals surface area (Å²) in [5.74, 6) is -0.493. The molecule has 1 N–H and O–H groups in total. The lowest BCUT2D eigenvalue weighted by atomic mass is 10.1. The Morgan fingerprint density at radius 1 is 1.82 bits per heavy atom. The Labute approximate surface area is 63.0 Å². The maximum absolute atomic E-state index is 10.9. The van der Waals surface area contributed by atoms with E-state index in [9.17, 15) is 9.59 Å². The molecule has 0 radical (unpaired) electrons. The molecule has 0 saturated carbocycles. The zero-order chi connectivity index (χ0) is 8.27. The van der Waals surface area contributed by atoms with Crippen LogP contribution in [0.3, 0.4) is 0 Å². The van der Waals surface area contributed by atoms with Crippen LogP contribution >= 0.6 is 0 Å². The van der Waals surface area contributed by atoms with Gasteiger partial charge in [-0.25, -0.2) is 0 Å². The van der Waals surface area contributed by atoms with Crippen molar-refractivity contribution in [2.24, 2.45) is 0 Å². The minimum atomic E-state index is -0.488. The van der Waals surface area contributed by atoms with Gasteiger partial charge in [0.25, 0.3) is 5.78 Å². The predicted octanol–water partition coefficient (Wildman–Crippen LogP) is -0.865. The average Bonchev–Trinajstić information content (AvgIpc) is 2.36. The van der Waals surface area contributed by atoms with Gasteiger partial charge in [-0.3, -0.25) is 9.59 Å². The molecule has 0 spiro atoms. The number of hydrogen-bond donors (Lipinski definition) is 1. The van der Waals surface area contributed by atoms with Crippen molar-refractivity contribution < 1.29 is 14.4 Å². The molecule has 0 bridgehead atoms. The van der Waals surface area contributed by atoms with E-state index >= 15 is 0 Å². The minimum Gasteiger partial charge on any atom is -0.361 e. The van der Waals surface area contributed by atoms with Crippen molar-refractivity contribution in [2.45, 2.75) is 18.9 Å². The van der Waals surface area contributed by atoms with Crippen molar-refractivity contribution in [1.29, 1.82) is 0 Å². The lowest BCUT2D eigenvalue weighted by molar-refractivity contribution is -0.122. The molecule has 5 heteroatoms. The number of carbonyl (C=O) groups is 2. The molecule has 1 fully saturated rings. The number of nitrogens with one attached hydrogen (secondary N) is 1. The molecule has 0 aromatic carbocycles. The van der Waals surface area contributed by atoms with Crippen LogP contribution in [0, 0.1) is 0 Å². The highest BCUT2D eigenvalue weighted by molar-refractivity contribution is 6.28. The third kappa shape index (κ3) is 1.72. The van der Waals surface area contributed by atoms with E-state index in [0.717, 1.165) is 6.21 Å². The Balaban J connectivity index is 2.56. The van der Waals surface area contributed by atoms with Gasteiger partial charge in [0.1, 0.15) is 0 Å². The monoisotopic (exact) mass is 153 g/mol.